The molecule has 4 nitrogen and oxygen atoms in total. The second-order valence-electron chi connectivity index (χ2n) is 5.39. The van der Waals surface area contributed by atoms with E-state index < -0.39 is 17.6 Å². The van der Waals surface area contributed by atoms with E-state index in [2.05, 4.69) is 0 Å². The summed E-state index contributed by atoms with van der Waals surface area (Å²) in [6.07, 6.45) is -0.961. The molecule has 0 radical (unpaired) electrons. The zero-order chi connectivity index (χ0) is 15.5. The molecule has 0 amide bonds. The van der Waals surface area contributed by atoms with Gasteiger partial charge in [-0.05, 0) is 38.8 Å². The van der Waals surface area contributed by atoms with Crippen LogP contribution in [0.2, 0.25) is 0 Å². The third-order valence-corrected chi connectivity index (χ3v) is 3.27. The Morgan fingerprint density at radius 1 is 1.30 bits per heavy atom. The maximum atomic E-state index is 13.7. The molecule has 1 aromatic rings. The van der Waals surface area contributed by atoms with Crippen LogP contribution in [0.5, 0.6) is 11.5 Å². The summed E-state index contributed by atoms with van der Waals surface area (Å²) in [5.74, 6) is -0.0143. The first-order valence-electron chi connectivity index (χ1n) is 6.35. The van der Waals surface area contributed by atoms with Crippen molar-refractivity contribution >= 4 is 5.97 Å². The predicted octanol–water partition coefficient (Wildman–Crippen LogP) is 3.39. The quantitative estimate of drug-likeness (QED) is 0.870. The number of halogens is 1. The number of ether oxygens (including phenoxy) is 2. The number of benzene rings is 1. The fraction of sp³-hybridized carbons (Fsp3) is 0.533. The van der Waals surface area contributed by atoms with Gasteiger partial charge in [0.15, 0.2) is 0 Å². The van der Waals surface area contributed by atoms with Gasteiger partial charge in [0.1, 0.15) is 17.7 Å². The summed E-state index contributed by atoms with van der Waals surface area (Å²) in [6, 6.07) is 3.21. The van der Waals surface area contributed by atoms with E-state index in [0.29, 0.717) is 22.6 Å². The molecule has 0 aliphatic heterocycles. The van der Waals surface area contributed by atoms with Crippen molar-refractivity contribution < 1.29 is 23.8 Å². The van der Waals surface area contributed by atoms with E-state index in [9.17, 15) is 14.3 Å². The summed E-state index contributed by atoms with van der Waals surface area (Å²) in [7, 11) is 2.95. The molecule has 0 aromatic heterocycles. The molecule has 0 spiro atoms. The first-order chi connectivity index (χ1) is 9.22. The molecule has 0 aliphatic rings. The van der Waals surface area contributed by atoms with Crippen LogP contribution in [0.25, 0.3) is 0 Å². The number of carboxylic acids is 1. The van der Waals surface area contributed by atoms with Gasteiger partial charge in [-0.25, -0.2) is 4.39 Å². The average molecular weight is 284 g/mol. The highest BCUT2D eigenvalue weighted by Gasteiger charge is 2.29. The van der Waals surface area contributed by atoms with Crippen LogP contribution in [-0.2, 0) is 11.2 Å². The Bertz CT molecular complexity index is 495. The fourth-order valence-corrected chi connectivity index (χ4v) is 1.99. The van der Waals surface area contributed by atoms with Crippen LogP contribution in [0.3, 0.4) is 0 Å². The number of carboxylic acid groups (broad SMARTS) is 1. The maximum absolute atomic E-state index is 13.7. The van der Waals surface area contributed by atoms with Crippen LogP contribution in [0.15, 0.2) is 12.1 Å². The molecule has 1 aromatic carbocycles. The van der Waals surface area contributed by atoms with E-state index in [-0.39, 0.29) is 6.42 Å². The third kappa shape index (κ3) is 3.40. The van der Waals surface area contributed by atoms with E-state index in [1.165, 1.54) is 21.1 Å². The molecule has 0 aliphatic carbocycles. The van der Waals surface area contributed by atoms with E-state index in [1.807, 2.05) is 0 Å². The molecule has 0 fully saturated rings. The molecular formula is C15H21FO4. The van der Waals surface area contributed by atoms with Crippen LogP contribution in [0.4, 0.5) is 4.39 Å². The predicted molar refractivity (Wildman–Crippen MR) is 74.2 cm³/mol. The molecule has 1 rings (SSSR count). The Labute approximate surface area is 118 Å². The van der Waals surface area contributed by atoms with Crippen LogP contribution in [0.1, 0.15) is 38.1 Å². The van der Waals surface area contributed by atoms with Crippen molar-refractivity contribution in [3.8, 4) is 11.5 Å². The Kier molecular flexibility index (Phi) is 4.98. The number of aliphatic carboxylic acids is 1. The van der Waals surface area contributed by atoms with Crippen LogP contribution in [0, 0.1) is 5.41 Å². The second-order valence-corrected chi connectivity index (χ2v) is 5.39. The highest BCUT2D eigenvalue weighted by Crippen LogP contribution is 2.37. The molecule has 20 heavy (non-hydrogen) atoms. The van der Waals surface area contributed by atoms with E-state index in [1.54, 1.807) is 26.0 Å². The van der Waals surface area contributed by atoms with Crippen molar-refractivity contribution in [1.82, 2.24) is 0 Å². The van der Waals surface area contributed by atoms with E-state index >= 15 is 0 Å². The van der Waals surface area contributed by atoms with Gasteiger partial charge < -0.3 is 14.6 Å². The Morgan fingerprint density at radius 3 is 2.25 bits per heavy atom. The summed E-state index contributed by atoms with van der Waals surface area (Å²) >= 11 is 0. The lowest BCUT2D eigenvalue weighted by Gasteiger charge is -2.22. The molecular weight excluding hydrogens is 263 g/mol. The summed E-state index contributed by atoms with van der Waals surface area (Å²) < 4.78 is 24.0. The average Bonchev–Trinajstić information content (AvgIpc) is 2.37. The second kappa shape index (κ2) is 6.11. The largest absolute Gasteiger partial charge is 0.496 e. The molecule has 1 unspecified atom stereocenters. The number of methoxy groups -OCH3 is 2. The molecule has 0 saturated heterocycles. The van der Waals surface area contributed by atoms with Crippen molar-refractivity contribution in [2.45, 2.75) is 33.4 Å². The Morgan fingerprint density at radius 2 is 1.85 bits per heavy atom. The number of hydrogen-bond donors (Lipinski definition) is 1. The van der Waals surface area contributed by atoms with Gasteiger partial charge in [0, 0.05) is 11.6 Å². The van der Waals surface area contributed by atoms with Crippen molar-refractivity contribution in [1.29, 1.82) is 0 Å². The topological polar surface area (TPSA) is 55.8 Å². The van der Waals surface area contributed by atoms with Crippen molar-refractivity contribution in [2.24, 2.45) is 5.41 Å². The number of hydrogen-bond acceptors (Lipinski definition) is 3. The standard InChI is InChI=1S/C15H21FO4/c1-9(16)11-6-10(8-15(2,3)14(17)18)12(19-4)7-13(11)20-5/h6-7,9H,8H2,1-5H3,(H,17,18). The minimum atomic E-state index is -1.21. The first-order valence-corrected chi connectivity index (χ1v) is 6.35. The third-order valence-electron chi connectivity index (χ3n) is 3.27. The van der Waals surface area contributed by atoms with Gasteiger partial charge in [0.2, 0.25) is 0 Å². The highest BCUT2D eigenvalue weighted by molar-refractivity contribution is 5.74. The van der Waals surface area contributed by atoms with Gasteiger partial charge in [0.05, 0.1) is 19.6 Å². The first kappa shape index (κ1) is 16.3. The Balaban J connectivity index is 3.31. The van der Waals surface area contributed by atoms with Gasteiger partial charge in [-0.15, -0.1) is 0 Å². The minimum absolute atomic E-state index is 0.245. The van der Waals surface area contributed by atoms with Gasteiger partial charge >= 0.3 is 5.97 Å². The molecule has 0 bridgehead atoms. The van der Waals surface area contributed by atoms with Gasteiger partial charge in [0.25, 0.3) is 0 Å². The monoisotopic (exact) mass is 284 g/mol. The smallest absolute Gasteiger partial charge is 0.309 e. The normalized spacial score (nSPS) is 12.9. The zero-order valence-electron chi connectivity index (χ0n) is 12.5. The van der Waals surface area contributed by atoms with E-state index in [4.69, 9.17) is 9.47 Å². The molecule has 112 valence electrons. The number of rotatable bonds is 6. The van der Waals surface area contributed by atoms with Crippen LogP contribution < -0.4 is 9.47 Å². The summed E-state index contributed by atoms with van der Waals surface area (Å²) in [6.45, 7) is 4.66. The van der Waals surface area contributed by atoms with Crippen molar-refractivity contribution in [3.63, 3.8) is 0 Å². The SMILES string of the molecule is COc1cc(OC)c(C(C)F)cc1CC(C)(C)C(=O)O. The van der Waals surface area contributed by atoms with Gasteiger partial charge in [-0.2, -0.15) is 0 Å². The molecule has 0 heterocycles. The van der Waals surface area contributed by atoms with Gasteiger partial charge in [-0.3, -0.25) is 4.79 Å². The fourth-order valence-electron chi connectivity index (χ4n) is 1.99. The zero-order valence-corrected chi connectivity index (χ0v) is 12.5. The van der Waals surface area contributed by atoms with Gasteiger partial charge in [-0.1, -0.05) is 0 Å². The van der Waals surface area contributed by atoms with E-state index in [0.717, 1.165) is 0 Å². The summed E-state index contributed by atoms with van der Waals surface area (Å²) in [5.41, 5.74) is 0.0864. The molecule has 5 heteroatoms. The molecule has 1 N–H and O–H groups in total. The lowest BCUT2D eigenvalue weighted by Crippen LogP contribution is -2.26. The van der Waals surface area contributed by atoms with Crippen LogP contribution >= 0.6 is 0 Å². The maximum Gasteiger partial charge on any atom is 0.309 e. The molecule has 0 saturated carbocycles. The lowest BCUT2D eigenvalue weighted by molar-refractivity contribution is -0.146. The summed E-state index contributed by atoms with van der Waals surface area (Å²) in [5, 5.41) is 9.21. The van der Waals surface area contributed by atoms with Crippen LogP contribution in [-0.4, -0.2) is 25.3 Å². The summed E-state index contributed by atoms with van der Waals surface area (Å²) in [4.78, 5) is 11.2. The number of alkyl halides is 1. The Hall–Kier alpha value is -1.78. The molecule has 1 atom stereocenters. The van der Waals surface area contributed by atoms with Crippen molar-refractivity contribution in [2.75, 3.05) is 14.2 Å². The highest BCUT2D eigenvalue weighted by atomic mass is 19.1. The lowest BCUT2D eigenvalue weighted by atomic mass is 9.85. The number of carbonyl (C=O) groups is 1. The van der Waals surface area contributed by atoms with Crippen molar-refractivity contribution in [3.05, 3.63) is 23.3 Å². The minimum Gasteiger partial charge on any atom is -0.496 e.